The molecule has 1 heterocycles. The van der Waals surface area contributed by atoms with Gasteiger partial charge in [-0.3, -0.25) is 0 Å². The topological polar surface area (TPSA) is 0 Å². The van der Waals surface area contributed by atoms with Gasteiger partial charge in [0.1, 0.15) is 0 Å². The smallest absolute Gasteiger partial charge is 0.0627 e. The Bertz CT molecular complexity index is 1410. The summed E-state index contributed by atoms with van der Waals surface area (Å²) in [6.07, 6.45) is 9.44. The fraction of sp³-hybridized carbons (Fsp3) is 0.0588. The first-order valence-electron chi connectivity index (χ1n) is 12.6. The van der Waals surface area contributed by atoms with Crippen LogP contribution >= 0.6 is 27.6 Å². The molecule has 0 amide bonds. The van der Waals surface area contributed by atoms with Gasteiger partial charge in [-0.05, 0) is 71.4 Å². The molecule has 180 valence electrons. The summed E-state index contributed by atoms with van der Waals surface area (Å²) in [5.74, 6) is 0. The maximum Gasteiger partial charge on any atom is 0.0627 e. The van der Waals surface area contributed by atoms with Gasteiger partial charge in [0.15, 0.2) is 0 Å². The molecular weight excluding hydrogens is 502 g/mol. The lowest BCUT2D eigenvalue weighted by Gasteiger charge is -2.29. The van der Waals surface area contributed by atoms with Crippen LogP contribution in [-0.4, -0.2) is 4.99 Å². The summed E-state index contributed by atoms with van der Waals surface area (Å²) < 4.78 is 0. The van der Waals surface area contributed by atoms with Crippen LogP contribution in [0.3, 0.4) is 0 Å². The lowest BCUT2D eigenvalue weighted by molar-refractivity contribution is 1.42. The van der Waals surface area contributed by atoms with Crippen molar-refractivity contribution in [3.05, 3.63) is 167 Å². The third-order valence-electron chi connectivity index (χ3n) is 6.60. The average molecular weight is 531 g/mol. The predicted molar refractivity (Wildman–Crippen MR) is 168 cm³/mol. The number of hydrogen-bond acceptors (Lipinski definition) is 1. The minimum atomic E-state index is -0.659. The van der Waals surface area contributed by atoms with Crippen LogP contribution in [0.15, 0.2) is 167 Å². The van der Waals surface area contributed by atoms with Gasteiger partial charge in [-0.1, -0.05) is 140 Å². The average Bonchev–Trinajstić information content (AvgIpc) is 3.58. The first kappa shape index (κ1) is 24.4. The van der Waals surface area contributed by atoms with Crippen LogP contribution in [0.2, 0.25) is 0 Å². The summed E-state index contributed by atoms with van der Waals surface area (Å²) in [6, 6.07) is 44.4. The molecule has 1 unspecified atom stereocenters. The molecule has 0 fully saturated rings. The van der Waals surface area contributed by atoms with Gasteiger partial charge in [0, 0.05) is 0 Å². The van der Waals surface area contributed by atoms with Crippen molar-refractivity contribution in [2.24, 2.45) is 0 Å². The second-order valence-electron chi connectivity index (χ2n) is 9.05. The van der Waals surface area contributed by atoms with Crippen molar-refractivity contribution in [3.63, 3.8) is 0 Å². The molecule has 0 saturated carbocycles. The number of thioether (sulfide) groups is 1. The second-order valence-corrected chi connectivity index (χ2v) is 15.2. The highest BCUT2D eigenvalue weighted by molar-refractivity contribution is 8.11. The van der Waals surface area contributed by atoms with Gasteiger partial charge in [0.2, 0.25) is 0 Å². The van der Waals surface area contributed by atoms with Crippen molar-refractivity contribution in [2.75, 3.05) is 0 Å². The van der Waals surface area contributed by atoms with Gasteiger partial charge in [0.25, 0.3) is 0 Å². The maximum absolute atomic E-state index is 2.46. The van der Waals surface area contributed by atoms with Crippen LogP contribution in [0.5, 0.6) is 0 Å². The lowest BCUT2D eigenvalue weighted by Crippen LogP contribution is -2.20. The highest BCUT2D eigenvalue weighted by Crippen LogP contribution is 2.58. The molecule has 1 aliphatic carbocycles. The number of rotatable bonds is 6. The molecule has 4 aromatic rings. The zero-order valence-corrected chi connectivity index (χ0v) is 23.3. The molecule has 0 N–H and O–H groups in total. The Hall–Kier alpha value is -2.95. The summed E-state index contributed by atoms with van der Waals surface area (Å²) in [6.45, 7) is 2.27. The summed E-state index contributed by atoms with van der Waals surface area (Å²) in [4.78, 5) is 1.78. The highest BCUT2D eigenvalue weighted by Gasteiger charge is 2.35. The zero-order valence-electron chi connectivity index (χ0n) is 20.7. The highest BCUT2D eigenvalue weighted by atomic mass is 32.2. The third kappa shape index (κ3) is 5.10. The minimum Gasteiger partial charge on any atom is -0.117 e. The van der Waals surface area contributed by atoms with E-state index in [0.29, 0.717) is 4.99 Å². The fourth-order valence-electron chi connectivity index (χ4n) is 4.99. The first-order chi connectivity index (χ1) is 18.3. The quantitative estimate of drug-likeness (QED) is 0.228. The number of hydrogen-bond donors (Lipinski definition) is 0. The van der Waals surface area contributed by atoms with E-state index < -0.39 is 15.8 Å². The van der Waals surface area contributed by atoms with Crippen LogP contribution in [0, 0.1) is 0 Å². The van der Waals surface area contributed by atoms with Gasteiger partial charge >= 0.3 is 0 Å². The van der Waals surface area contributed by atoms with Crippen LogP contribution in [-0.2, 0) is 0 Å². The van der Waals surface area contributed by atoms with Gasteiger partial charge < -0.3 is 0 Å². The van der Waals surface area contributed by atoms with E-state index >= 15 is 0 Å². The van der Waals surface area contributed by atoms with Crippen molar-refractivity contribution in [3.8, 4) is 0 Å². The van der Waals surface area contributed by atoms with Crippen molar-refractivity contribution in [1.29, 1.82) is 0 Å². The van der Waals surface area contributed by atoms with E-state index in [-0.39, 0.29) is 0 Å². The van der Waals surface area contributed by atoms with Crippen molar-refractivity contribution >= 4 is 48.8 Å². The molecule has 0 saturated heterocycles. The Morgan fingerprint density at radius 3 is 1.54 bits per heavy atom. The molecule has 4 aromatic carbocycles. The normalized spacial score (nSPS) is 18.9. The van der Waals surface area contributed by atoms with Crippen molar-refractivity contribution in [1.82, 2.24) is 0 Å². The van der Waals surface area contributed by atoms with Crippen LogP contribution in [0.1, 0.15) is 6.92 Å². The van der Waals surface area contributed by atoms with Crippen LogP contribution in [0.4, 0.5) is 0 Å². The molecule has 37 heavy (non-hydrogen) atoms. The molecule has 0 spiro atoms. The molecule has 2 aliphatic rings. The van der Waals surface area contributed by atoms with E-state index in [2.05, 4.69) is 153 Å². The fourth-order valence-corrected chi connectivity index (χ4v) is 12.3. The van der Waals surface area contributed by atoms with Crippen LogP contribution < -0.4 is 21.2 Å². The SMILES string of the molecule is CC1=C/C(=C2/C=CC=C2P(c2ccccc2)c2ccccc2)C(P(c2ccccc2)c2ccccc2)S1. The Morgan fingerprint density at radius 1 is 0.595 bits per heavy atom. The molecule has 1 atom stereocenters. The van der Waals surface area contributed by atoms with Gasteiger partial charge in [-0.2, -0.15) is 0 Å². The summed E-state index contributed by atoms with van der Waals surface area (Å²) >= 11 is 2.04. The Morgan fingerprint density at radius 2 is 1.05 bits per heavy atom. The predicted octanol–water partition coefficient (Wildman–Crippen LogP) is 7.98. The van der Waals surface area contributed by atoms with E-state index in [1.54, 1.807) is 0 Å². The zero-order chi connectivity index (χ0) is 25.0. The molecule has 1 aliphatic heterocycles. The molecule has 0 nitrogen and oxygen atoms in total. The summed E-state index contributed by atoms with van der Waals surface area (Å²) in [5.41, 5.74) is 2.88. The molecular formula is C34H28P2S. The van der Waals surface area contributed by atoms with Gasteiger partial charge in [0.05, 0.1) is 4.99 Å². The number of allylic oxidation sites excluding steroid dienone is 7. The van der Waals surface area contributed by atoms with E-state index in [9.17, 15) is 0 Å². The molecule has 0 aromatic heterocycles. The molecule has 0 bridgehead atoms. The summed E-state index contributed by atoms with van der Waals surface area (Å²) in [5, 5.41) is 7.11. The molecule has 3 heteroatoms. The molecule has 6 rings (SSSR count). The van der Waals surface area contributed by atoms with Gasteiger partial charge in [-0.25, -0.2) is 0 Å². The first-order valence-corrected chi connectivity index (χ1v) is 16.2. The van der Waals surface area contributed by atoms with E-state index in [4.69, 9.17) is 0 Å². The monoisotopic (exact) mass is 530 g/mol. The van der Waals surface area contributed by atoms with Crippen molar-refractivity contribution in [2.45, 2.75) is 11.9 Å². The lowest BCUT2D eigenvalue weighted by atomic mass is 10.1. The minimum absolute atomic E-state index is 0.379. The second kappa shape index (κ2) is 11.2. The number of benzene rings is 4. The van der Waals surface area contributed by atoms with Crippen LogP contribution in [0.25, 0.3) is 0 Å². The third-order valence-corrected chi connectivity index (χ3v) is 13.5. The Balaban J connectivity index is 1.50. The Labute approximate surface area is 227 Å². The summed E-state index contributed by atoms with van der Waals surface area (Å²) in [7, 11) is -1.24. The van der Waals surface area contributed by atoms with Gasteiger partial charge in [-0.15, -0.1) is 11.8 Å². The van der Waals surface area contributed by atoms with E-state index in [1.807, 2.05) is 11.8 Å². The van der Waals surface area contributed by atoms with E-state index in [0.717, 1.165) is 0 Å². The van der Waals surface area contributed by atoms with Crippen molar-refractivity contribution < 1.29 is 0 Å². The maximum atomic E-state index is 2.46. The Kier molecular flexibility index (Phi) is 7.38. The van der Waals surface area contributed by atoms with E-state index in [1.165, 1.54) is 42.6 Å². The standard InChI is InChI=1S/C34H28P2S/c1-26-25-32(34(37-26)36(29-19-10-4-11-20-29)30-21-12-5-13-22-30)31-23-14-24-33(31)35(27-15-6-2-7-16-27)28-17-8-3-9-18-28/h2-25,34H,1H3/b32-31+. The largest absolute Gasteiger partial charge is 0.117 e. The molecule has 0 radical (unpaired) electrons.